The molecule has 2 unspecified atom stereocenters. The van der Waals surface area contributed by atoms with Crippen LogP contribution in [-0.4, -0.2) is 45.4 Å². The van der Waals surface area contributed by atoms with E-state index in [0.717, 1.165) is 66.6 Å². The number of hydrogen-bond donors (Lipinski definition) is 2. The van der Waals surface area contributed by atoms with Gasteiger partial charge in [0.15, 0.2) is 5.13 Å². The Labute approximate surface area is 237 Å². The quantitative estimate of drug-likeness (QED) is 0.333. The fourth-order valence-electron chi connectivity index (χ4n) is 6.17. The second-order valence-electron chi connectivity index (χ2n) is 11.4. The first-order chi connectivity index (χ1) is 19.5. The lowest BCUT2D eigenvalue weighted by Crippen LogP contribution is -2.39. The molecular weight excluding hydrogens is 524 g/mol. The molecule has 40 heavy (non-hydrogen) atoms. The number of hydrogen-bond acceptors (Lipinski definition) is 6. The third-order valence-corrected chi connectivity index (χ3v) is 9.25. The maximum atomic E-state index is 13.8. The maximum Gasteiger partial charge on any atom is 0.304 e. The van der Waals surface area contributed by atoms with E-state index < -0.39 is 11.9 Å². The first-order valence-corrected chi connectivity index (χ1v) is 15.2. The lowest BCUT2D eigenvalue weighted by atomic mass is 9.90. The van der Waals surface area contributed by atoms with E-state index in [1.165, 1.54) is 11.3 Å². The summed E-state index contributed by atoms with van der Waals surface area (Å²) in [7, 11) is 0. The van der Waals surface area contributed by atoms with Gasteiger partial charge < -0.3 is 10.4 Å². The van der Waals surface area contributed by atoms with Gasteiger partial charge in [-0.2, -0.15) is 0 Å². The summed E-state index contributed by atoms with van der Waals surface area (Å²) in [5.74, 6) is -0.939. The molecule has 2 aromatic heterocycles. The Balaban J connectivity index is 1.25. The molecule has 2 aliphatic carbocycles. The molecule has 0 spiro atoms. The van der Waals surface area contributed by atoms with Gasteiger partial charge >= 0.3 is 5.97 Å². The summed E-state index contributed by atoms with van der Waals surface area (Å²) in [5, 5.41) is 15.1. The van der Waals surface area contributed by atoms with E-state index in [0.29, 0.717) is 30.4 Å². The van der Waals surface area contributed by atoms with Crippen molar-refractivity contribution in [1.82, 2.24) is 15.3 Å². The second kappa shape index (κ2) is 11.5. The predicted molar refractivity (Wildman–Crippen MR) is 154 cm³/mol. The highest BCUT2D eigenvalue weighted by molar-refractivity contribution is 7.14. The second-order valence-corrected chi connectivity index (χ2v) is 12.2. The number of carboxylic acids is 1. The molecule has 0 bridgehead atoms. The summed E-state index contributed by atoms with van der Waals surface area (Å²) in [5.41, 5.74) is 4.60. The summed E-state index contributed by atoms with van der Waals surface area (Å²) in [6.45, 7) is 0.619. The largest absolute Gasteiger partial charge is 0.481 e. The van der Waals surface area contributed by atoms with Crippen molar-refractivity contribution in [2.45, 2.75) is 69.7 Å². The van der Waals surface area contributed by atoms with Crippen molar-refractivity contribution in [1.29, 1.82) is 0 Å². The molecule has 2 atom stereocenters. The van der Waals surface area contributed by atoms with Gasteiger partial charge in [0.05, 0.1) is 12.1 Å². The monoisotopic (exact) mass is 558 g/mol. The Kier molecular flexibility index (Phi) is 7.65. The Morgan fingerprint density at radius 2 is 1.85 bits per heavy atom. The Hall–Kier alpha value is -3.59. The predicted octanol–water partition coefficient (Wildman–Crippen LogP) is 5.64. The number of carbonyl (C=O) groups is 3. The van der Waals surface area contributed by atoms with Crippen LogP contribution >= 0.6 is 11.3 Å². The van der Waals surface area contributed by atoms with E-state index in [4.69, 9.17) is 4.98 Å². The molecule has 9 heteroatoms. The van der Waals surface area contributed by atoms with Crippen LogP contribution in [0.3, 0.4) is 0 Å². The third-order valence-electron chi connectivity index (χ3n) is 8.41. The van der Waals surface area contributed by atoms with Crippen LogP contribution in [0.2, 0.25) is 0 Å². The summed E-state index contributed by atoms with van der Waals surface area (Å²) in [6.07, 6.45) is 9.15. The standard InChI is InChI=1S/C31H34N4O4S/c36-28-14-22(17-33-28)26-12-9-20(16-32-26)24-7-3-4-8-25(24)27-18-40-31(34-27)35(23-10-11-23)30(39)21(15-29(37)38)13-19-5-1-2-6-19/h3-4,7-9,12,16,18-19,21-23H,1-2,5-6,10-11,13-15,17H2,(H,33,36)(H,37,38). The van der Waals surface area contributed by atoms with E-state index in [1.54, 1.807) is 4.90 Å². The van der Waals surface area contributed by atoms with Crippen molar-refractivity contribution in [3.8, 4) is 22.4 Å². The number of thiazole rings is 1. The minimum atomic E-state index is -0.920. The number of carbonyl (C=O) groups excluding carboxylic acids is 2. The lowest BCUT2D eigenvalue weighted by molar-refractivity contribution is -0.141. The van der Waals surface area contributed by atoms with E-state index in [2.05, 4.69) is 10.3 Å². The minimum Gasteiger partial charge on any atom is -0.481 e. The smallest absolute Gasteiger partial charge is 0.304 e. The van der Waals surface area contributed by atoms with Gasteiger partial charge in [-0.15, -0.1) is 11.3 Å². The van der Waals surface area contributed by atoms with Crippen LogP contribution in [0.25, 0.3) is 22.4 Å². The van der Waals surface area contributed by atoms with Gasteiger partial charge in [0, 0.05) is 59.2 Å². The summed E-state index contributed by atoms with van der Waals surface area (Å²) < 4.78 is 0. The van der Waals surface area contributed by atoms with Crippen molar-refractivity contribution < 1.29 is 19.5 Å². The highest BCUT2D eigenvalue weighted by Crippen LogP contribution is 2.40. The van der Waals surface area contributed by atoms with E-state index in [-0.39, 0.29) is 30.2 Å². The highest BCUT2D eigenvalue weighted by atomic mass is 32.1. The van der Waals surface area contributed by atoms with Crippen LogP contribution in [0.4, 0.5) is 5.13 Å². The Bertz CT molecular complexity index is 1390. The van der Waals surface area contributed by atoms with Crippen LogP contribution in [0.1, 0.15) is 69.4 Å². The number of pyridine rings is 1. The number of nitrogens with one attached hydrogen (secondary N) is 1. The van der Waals surface area contributed by atoms with Crippen LogP contribution in [-0.2, 0) is 14.4 Å². The van der Waals surface area contributed by atoms with Crippen molar-refractivity contribution in [2.24, 2.45) is 11.8 Å². The average molecular weight is 559 g/mol. The molecule has 2 saturated carbocycles. The van der Waals surface area contributed by atoms with E-state index in [9.17, 15) is 19.5 Å². The Morgan fingerprint density at radius 3 is 2.50 bits per heavy atom. The van der Waals surface area contributed by atoms with Gasteiger partial charge in [-0.25, -0.2) is 4.98 Å². The zero-order valence-electron chi connectivity index (χ0n) is 22.4. The van der Waals surface area contributed by atoms with Crippen LogP contribution < -0.4 is 10.2 Å². The Morgan fingerprint density at radius 1 is 1.07 bits per heavy atom. The number of nitrogens with zero attached hydrogens (tertiary/aromatic N) is 3. The first kappa shape index (κ1) is 26.6. The molecular formula is C31H34N4O4S. The summed E-state index contributed by atoms with van der Waals surface area (Å²) in [4.78, 5) is 48.6. The van der Waals surface area contributed by atoms with Gasteiger partial charge in [0.2, 0.25) is 11.8 Å². The molecule has 3 aromatic rings. The number of benzene rings is 1. The lowest BCUT2D eigenvalue weighted by Gasteiger charge is -2.26. The van der Waals surface area contributed by atoms with Crippen molar-refractivity contribution in [3.05, 3.63) is 53.7 Å². The molecule has 3 aliphatic rings. The normalized spacial score (nSPS) is 19.9. The van der Waals surface area contributed by atoms with Crippen LogP contribution in [0, 0.1) is 11.8 Å². The van der Waals surface area contributed by atoms with Crippen molar-refractivity contribution >= 4 is 34.3 Å². The SMILES string of the molecule is O=C(O)CC(CC1CCCC1)C(=O)N(c1nc(-c2ccccc2-c2ccc(C3CNC(=O)C3)nc2)cs1)C1CC1. The van der Waals surface area contributed by atoms with E-state index in [1.807, 2.05) is 48.0 Å². The molecule has 3 heterocycles. The minimum absolute atomic E-state index is 0.0621. The maximum absolute atomic E-state index is 13.8. The summed E-state index contributed by atoms with van der Waals surface area (Å²) in [6, 6.07) is 12.2. The zero-order valence-corrected chi connectivity index (χ0v) is 23.2. The van der Waals surface area contributed by atoms with Crippen LogP contribution in [0.15, 0.2) is 48.0 Å². The third kappa shape index (κ3) is 5.80. The number of aliphatic carboxylic acids is 1. The number of aromatic nitrogens is 2. The zero-order chi connectivity index (χ0) is 27.6. The molecule has 1 aromatic carbocycles. The number of carboxylic acid groups (broad SMARTS) is 1. The molecule has 2 N–H and O–H groups in total. The molecule has 1 saturated heterocycles. The first-order valence-electron chi connectivity index (χ1n) is 14.3. The van der Waals surface area contributed by atoms with Gasteiger partial charge in [-0.3, -0.25) is 24.3 Å². The average Bonchev–Trinajstić information content (AvgIpc) is 3.31. The molecule has 3 fully saturated rings. The molecule has 6 rings (SSSR count). The van der Waals surface area contributed by atoms with Crippen molar-refractivity contribution in [2.75, 3.05) is 11.4 Å². The van der Waals surface area contributed by atoms with Gasteiger partial charge in [0.1, 0.15) is 0 Å². The molecule has 0 radical (unpaired) electrons. The molecule has 8 nitrogen and oxygen atoms in total. The summed E-state index contributed by atoms with van der Waals surface area (Å²) >= 11 is 1.44. The van der Waals surface area contributed by atoms with Crippen molar-refractivity contribution in [3.63, 3.8) is 0 Å². The molecule has 1 aliphatic heterocycles. The van der Waals surface area contributed by atoms with Gasteiger partial charge in [0.25, 0.3) is 0 Å². The van der Waals surface area contributed by atoms with Crippen LogP contribution in [0.5, 0.6) is 0 Å². The highest BCUT2D eigenvalue weighted by Gasteiger charge is 2.40. The molecule has 2 amide bonds. The molecule has 208 valence electrons. The van der Waals surface area contributed by atoms with Gasteiger partial charge in [-0.1, -0.05) is 56.0 Å². The number of rotatable bonds is 10. The number of amides is 2. The van der Waals surface area contributed by atoms with E-state index >= 15 is 0 Å². The van der Waals surface area contributed by atoms with Gasteiger partial charge in [-0.05, 0) is 36.8 Å². The fraction of sp³-hybridized carbons (Fsp3) is 0.452. The fourth-order valence-corrected chi connectivity index (χ4v) is 7.07. The topological polar surface area (TPSA) is 112 Å². The number of anilines is 1.